The molecule has 0 aliphatic heterocycles. The molecular weight excluding hydrogens is 374 g/mol. The van der Waals surface area contributed by atoms with E-state index in [0.29, 0.717) is 0 Å². The predicted octanol–water partition coefficient (Wildman–Crippen LogP) is 9.49. The highest BCUT2D eigenvalue weighted by molar-refractivity contribution is 5.81. The minimum Gasteiger partial charge on any atom is -0.310 e. The number of rotatable bonds is 4. The molecule has 1 nitrogen and oxygen atoms in total. The Kier molecular flexibility index (Phi) is 9.58. The zero-order valence-electron chi connectivity index (χ0n) is 19.8. The van der Waals surface area contributed by atoms with Gasteiger partial charge in [0, 0.05) is 17.1 Å². The number of hydrogen-bond acceptors (Lipinski definition) is 1. The minimum atomic E-state index is 1.17. The predicted molar refractivity (Wildman–Crippen MR) is 139 cm³/mol. The van der Waals surface area contributed by atoms with Crippen molar-refractivity contribution in [1.29, 1.82) is 0 Å². The first-order valence-electron chi connectivity index (χ1n) is 11.3. The fourth-order valence-electron chi connectivity index (χ4n) is 3.47. The van der Waals surface area contributed by atoms with Gasteiger partial charge in [0.05, 0.1) is 0 Å². The molecule has 0 aromatic heterocycles. The number of benzene rings is 4. The van der Waals surface area contributed by atoms with Gasteiger partial charge in [-0.3, -0.25) is 0 Å². The van der Waals surface area contributed by atoms with Crippen molar-refractivity contribution in [2.24, 2.45) is 0 Å². The molecule has 0 amide bonds. The molecule has 4 aromatic rings. The van der Waals surface area contributed by atoms with Crippen molar-refractivity contribution in [2.75, 3.05) is 4.90 Å². The molecule has 160 valence electrons. The van der Waals surface area contributed by atoms with Gasteiger partial charge < -0.3 is 4.90 Å². The number of hydrogen-bond donors (Lipinski definition) is 0. The van der Waals surface area contributed by atoms with Crippen molar-refractivity contribution < 1.29 is 0 Å². The van der Waals surface area contributed by atoms with Crippen molar-refractivity contribution in [3.8, 4) is 11.1 Å². The first kappa shape index (κ1) is 24.0. The van der Waals surface area contributed by atoms with Crippen molar-refractivity contribution >= 4 is 17.1 Å². The lowest BCUT2D eigenvalue weighted by molar-refractivity contribution is 1.23. The fourth-order valence-corrected chi connectivity index (χ4v) is 3.47. The maximum Gasteiger partial charge on any atom is 0.0490 e. The molecule has 1 heteroatoms. The molecule has 0 N–H and O–H groups in total. The molecule has 0 saturated carbocycles. The lowest BCUT2D eigenvalue weighted by atomic mass is 10.0. The third-order valence-corrected chi connectivity index (χ3v) is 4.95. The second-order valence-electron chi connectivity index (χ2n) is 6.82. The summed E-state index contributed by atoms with van der Waals surface area (Å²) in [5, 5.41) is 0. The van der Waals surface area contributed by atoms with E-state index >= 15 is 0 Å². The van der Waals surface area contributed by atoms with Crippen LogP contribution < -0.4 is 4.90 Å². The summed E-state index contributed by atoms with van der Waals surface area (Å²) in [7, 11) is 0. The lowest BCUT2D eigenvalue weighted by Crippen LogP contribution is -2.12. The van der Waals surface area contributed by atoms with Gasteiger partial charge in [-0.1, -0.05) is 107 Å². The van der Waals surface area contributed by atoms with Crippen LogP contribution in [0.15, 0.2) is 103 Å². The van der Waals surface area contributed by atoms with E-state index in [0.717, 1.165) is 0 Å². The topological polar surface area (TPSA) is 3.24 Å². The summed E-state index contributed by atoms with van der Waals surface area (Å²) in [6.07, 6.45) is 0. The van der Waals surface area contributed by atoms with E-state index in [-0.39, 0.29) is 0 Å². The highest BCUT2D eigenvalue weighted by Crippen LogP contribution is 2.38. The molecule has 0 unspecified atom stereocenters. The normalized spacial score (nSPS) is 9.61. The van der Waals surface area contributed by atoms with Crippen LogP contribution in [0.25, 0.3) is 11.1 Å². The highest BCUT2D eigenvalue weighted by atomic mass is 15.1. The van der Waals surface area contributed by atoms with E-state index in [9.17, 15) is 0 Å². The van der Waals surface area contributed by atoms with Crippen LogP contribution in [0.2, 0.25) is 0 Å². The molecule has 0 atom stereocenters. The Bertz CT molecular complexity index is 988. The lowest BCUT2D eigenvalue weighted by Gasteiger charge is -2.28. The van der Waals surface area contributed by atoms with Crippen LogP contribution in [0.3, 0.4) is 0 Å². The number of nitrogens with zero attached hydrogens (tertiary/aromatic N) is 1. The Morgan fingerprint density at radius 2 is 0.806 bits per heavy atom. The monoisotopic (exact) mass is 409 g/mol. The molecule has 0 bridgehead atoms. The molecule has 0 saturated heterocycles. The molecule has 31 heavy (non-hydrogen) atoms. The van der Waals surface area contributed by atoms with Crippen molar-refractivity contribution in [3.63, 3.8) is 0 Å². The van der Waals surface area contributed by atoms with Gasteiger partial charge in [0.1, 0.15) is 0 Å². The molecule has 0 aliphatic carbocycles. The van der Waals surface area contributed by atoms with E-state index in [4.69, 9.17) is 0 Å². The van der Waals surface area contributed by atoms with E-state index in [1.807, 2.05) is 27.7 Å². The van der Waals surface area contributed by atoms with Crippen LogP contribution in [-0.4, -0.2) is 0 Å². The Morgan fingerprint density at radius 1 is 0.419 bits per heavy atom. The minimum absolute atomic E-state index is 1.17. The second kappa shape index (κ2) is 12.4. The molecule has 0 aliphatic rings. The van der Waals surface area contributed by atoms with Gasteiger partial charge in [-0.05, 0) is 60.4 Å². The van der Waals surface area contributed by atoms with E-state index < -0.39 is 0 Å². The quantitative estimate of drug-likeness (QED) is 0.324. The third kappa shape index (κ3) is 5.86. The molecular formula is C30H35N. The first-order chi connectivity index (χ1) is 15.2. The van der Waals surface area contributed by atoms with Crippen LogP contribution >= 0.6 is 0 Å². The number of anilines is 3. The molecule has 0 spiro atoms. The summed E-state index contributed by atoms with van der Waals surface area (Å²) >= 11 is 0. The second-order valence-corrected chi connectivity index (χ2v) is 6.82. The highest BCUT2D eigenvalue weighted by Gasteiger charge is 2.15. The number of para-hydroxylation sites is 2. The van der Waals surface area contributed by atoms with Gasteiger partial charge in [-0.2, -0.15) is 0 Å². The Labute approximate surface area is 189 Å². The summed E-state index contributed by atoms with van der Waals surface area (Å²) in [6.45, 7) is 12.3. The average molecular weight is 410 g/mol. The van der Waals surface area contributed by atoms with Crippen LogP contribution in [0, 0.1) is 13.8 Å². The van der Waals surface area contributed by atoms with E-state index in [2.05, 4.69) is 122 Å². The fraction of sp³-hybridized carbons (Fsp3) is 0.200. The Morgan fingerprint density at radius 3 is 1.26 bits per heavy atom. The first-order valence-corrected chi connectivity index (χ1v) is 11.3. The molecule has 0 heterocycles. The standard InChI is InChI=1S/C26H23N.2C2H6/c1-20-10-6-8-14-25(20)27(26-15-9-7-11-21(26)2)24-18-16-23(17-19-24)22-12-4-3-5-13-22;2*1-2/h3-19H,1-2H3;2*1-2H3. The summed E-state index contributed by atoms with van der Waals surface area (Å²) in [6, 6.07) is 36.4. The molecule has 0 fully saturated rings. The van der Waals surface area contributed by atoms with Gasteiger partial charge >= 0.3 is 0 Å². The average Bonchev–Trinajstić information content (AvgIpc) is 2.85. The summed E-state index contributed by atoms with van der Waals surface area (Å²) in [5.41, 5.74) is 8.56. The van der Waals surface area contributed by atoms with Gasteiger partial charge in [-0.25, -0.2) is 0 Å². The van der Waals surface area contributed by atoms with Crippen molar-refractivity contribution in [1.82, 2.24) is 0 Å². The van der Waals surface area contributed by atoms with E-state index in [1.165, 1.54) is 39.3 Å². The zero-order chi connectivity index (χ0) is 22.6. The van der Waals surface area contributed by atoms with Gasteiger partial charge in [0.2, 0.25) is 0 Å². The van der Waals surface area contributed by atoms with Gasteiger partial charge in [-0.15, -0.1) is 0 Å². The molecule has 4 aromatic carbocycles. The van der Waals surface area contributed by atoms with Gasteiger partial charge in [0.25, 0.3) is 0 Å². The Hall–Kier alpha value is -3.32. The van der Waals surface area contributed by atoms with E-state index in [1.54, 1.807) is 0 Å². The SMILES string of the molecule is CC.CC.Cc1ccccc1N(c1ccc(-c2ccccc2)cc1)c1ccccc1C. The summed E-state index contributed by atoms with van der Waals surface area (Å²) in [5.74, 6) is 0. The maximum atomic E-state index is 2.35. The summed E-state index contributed by atoms with van der Waals surface area (Å²) < 4.78 is 0. The molecule has 0 radical (unpaired) electrons. The molecule has 4 rings (SSSR count). The zero-order valence-corrected chi connectivity index (χ0v) is 19.8. The third-order valence-electron chi connectivity index (χ3n) is 4.95. The smallest absolute Gasteiger partial charge is 0.0490 e. The van der Waals surface area contributed by atoms with Crippen LogP contribution in [-0.2, 0) is 0 Å². The number of aryl methyl sites for hydroxylation is 2. The van der Waals surface area contributed by atoms with Crippen LogP contribution in [0.1, 0.15) is 38.8 Å². The largest absolute Gasteiger partial charge is 0.310 e. The Balaban J connectivity index is 0.000000807. The summed E-state index contributed by atoms with van der Waals surface area (Å²) in [4.78, 5) is 2.35. The van der Waals surface area contributed by atoms with Crippen LogP contribution in [0.5, 0.6) is 0 Å². The maximum absolute atomic E-state index is 2.35. The van der Waals surface area contributed by atoms with Crippen LogP contribution in [0.4, 0.5) is 17.1 Å². The van der Waals surface area contributed by atoms with Crippen molar-refractivity contribution in [2.45, 2.75) is 41.5 Å². The van der Waals surface area contributed by atoms with Gasteiger partial charge in [0.15, 0.2) is 0 Å². The van der Waals surface area contributed by atoms with Crippen molar-refractivity contribution in [3.05, 3.63) is 114 Å².